The molecule has 3 atom stereocenters. The lowest BCUT2D eigenvalue weighted by molar-refractivity contribution is -0.170. The van der Waals surface area contributed by atoms with E-state index in [1.807, 2.05) is 5.57 Å². The van der Waals surface area contributed by atoms with E-state index in [-0.39, 0.29) is 5.60 Å². The van der Waals surface area contributed by atoms with Gasteiger partial charge in [-0.25, -0.2) is 0 Å². The summed E-state index contributed by atoms with van der Waals surface area (Å²) in [6, 6.07) is 0. The van der Waals surface area contributed by atoms with Crippen LogP contribution >= 0.6 is 0 Å². The van der Waals surface area contributed by atoms with Crippen molar-refractivity contribution >= 4 is 0 Å². The smallest absolute Gasteiger partial charge is 0.0751 e. The average molecular weight is 246 g/mol. The Morgan fingerprint density at radius 2 is 1.78 bits per heavy atom. The third-order valence-electron chi connectivity index (χ3n) is 6.08. The monoisotopic (exact) mass is 246 g/mol. The molecule has 1 heterocycles. The predicted molar refractivity (Wildman–Crippen MR) is 73.5 cm³/mol. The summed E-state index contributed by atoms with van der Waals surface area (Å²) in [6.45, 7) is 0. The summed E-state index contributed by atoms with van der Waals surface area (Å²) in [5.41, 5.74) is 2.13. The van der Waals surface area contributed by atoms with Crippen LogP contribution in [-0.4, -0.2) is 11.7 Å². The fraction of sp³-hybridized carbons (Fsp3) is 0.882. The molecule has 0 unspecified atom stereocenters. The molecule has 18 heavy (non-hydrogen) atoms. The van der Waals surface area contributed by atoms with E-state index < -0.39 is 0 Å². The Morgan fingerprint density at radius 3 is 2.67 bits per heavy atom. The number of fused-ring (bicyclic) bond motifs is 4. The number of rotatable bonds is 0. The molecule has 100 valence electrons. The van der Waals surface area contributed by atoms with Gasteiger partial charge in [0.2, 0.25) is 0 Å². The SMILES string of the molecule is C1=C2[C@@H]3CCCC[C@H]3OC3(CCCC3)[C@H]2CCC1. The van der Waals surface area contributed by atoms with Crippen molar-refractivity contribution < 1.29 is 4.74 Å². The first-order valence-electron chi connectivity index (χ1n) is 8.27. The molecule has 3 fully saturated rings. The Bertz CT molecular complexity index is 351. The maximum absolute atomic E-state index is 6.77. The minimum absolute atomic E-state index is 0.283. The van der Waals surface area contributed by atoms with Crippen molar-refractivity contribution in [3.8, 4) is 0 Å². The molecule has 3 aliphatic carbocycles. The van der Waals surface area contributed by atoms with Crippen LogP contribution in [0.5, 0.6) is 0 Å². The molecule has 1 spiro atoms. The Morgan fingerprint density at radius 1 is 0.944 bits per heavy atom. The summed E-state index contributed by atoms with van der Waals surface area (Å²) in [4.78, 5) is 0. The molecule has 0 aromatic carbocycles. The molecule has 1 heteroatoms. The van der Waals surface area contributed by atoms with Crippen LogP contribution < -0.4 is 0 Å². The van der Waals surface area contributed by atoms with Crippen LogP contribution in [0, 0.1) is 11.8 Å². The maximum atomic E-state index is 6.77. The fourth-order valence-corrected chi connectivity index (χ4v) is 5.32. The predicted octanol–water partition coefficient (Wildman–Crippen LogP) is 4.61. The van der Waals surface area contributed by atoms with Crippen LogP contribution in [0.1, 0.15) is 70.6 Å². The molecular weight excluding hydrogens is 220 g/mol. The number of allylic oxidation sites excluding steroid dienone is 1. The zero-order valence-electron chi connectivity index (χ0n) is 11.5. The van der Waals surface area contributed by atoms with Crippen molar-refractivity contribution in [2.45, 2.75) is 82.3 Å². The molecule has 4 rings (SSSR count). The summed E-state index contributed by atoms with van der Waals surface area (Å²) in [7, 11) is 0. The van der Waals surface area contributed by atoms with Crippen LogP contribution in [0.2, 0.25) is 0 Å². The minimum Gasteiger partial charge on any atom is -0.371 e. The molecular formula is C17H26O. The van der Waals surface area contributed by atoms with Crippen molar-refractivity contribution in [1.82, 2.24) is 0 Å². The first-order chi connectivity index (χ1) is 8.89. The summed E-state index contributed by atoms with van der Waals surface area (Å²) in [5.74, 6) is 1.60. The van der Waals surface area contributed by atoms with Crippen molar-refractivity contribution in [2.75, 3.05) is 0 Å². The van der Waals surface area contributed by atoms with E-state index in [9.17, 15) is 0 Å². The van der Waals surface area contributed by atoms with Crippen molar-refractivity contribution in [1.29, 1.82) is 0 Å². The molecule has 0 aromatic rings. The van der Waals surface area contributed by atoms with Crippen molar-refractivity contribution in [3.05, 3.63) is 11.6 Å². The van der Waals surface area contributed by atoms with Gasteiger partial charge in [-0.2, -0.15) is 0 Å². The summed E-state index contributed by atoms with van der Waals surface area (Å²) in [6.07, 6.45) is 18.4. The van der Waals surface area contributed by atoms with Crippen molar-refractivity contribution in [3.63, 3.8) is 0 Å². The standard InChI is InChI=1S/C17H26O/c1-3-9-15-13(7-1)14-8-2-4-10-16(14)18-17(15)11-5-6-12-17/h7,14-16H,1-6,8-12H2/t14-,15-,16+/m0/s1. The van der Waals surface area contributed by atoms with Gasteiger partial charge in [-0.3, -0.25) is 0 Å². The van der Waals surface area contributed by atoms with Gasteiger partial charge in [0, 0.05) is 11.8 Å². The van der Waals surface area contributed by atoms with Crippen molar-refractivity contribution in [2.24, 2.45) is 11.8 Å². The van der Waals surface area contributed by atoms with E-state index in [2.05, 4.69) is 6.08 Å². The second kappa shape index (κ2) is 4.37. The van der Waals surface area contributed by atoms with Crippen LogP contribution in [0.15, 0.2) is 11.6 Å². The van der Waals surface area contributed by atoms with Gasteiger partial charge < -0.3 is 4.74 Å². The highest BCUT2D eigenvalue weighted by Gasteiger charge is 2.52. The highest BCUT2D eigenvalue weighted by molar-refractivity contribution is 5.24. The molecule has 0 N–H and O–H groups in total. The average Bonchev–Trinajstić information content (AvgIpc) is 2.89. The zero-order chi connectivity index (χ0) is 12.0. The summed E-state index contributed by atoms with van der Waals surface area (Å²) >= 11 is 0. The lowest BCUT2D eigenvalue weighted by Crippen LogP contribution is -2.52. The largest absolute Gasteiger partial charge is 0.371 e. The zero-order valence-corrected chi connectivity index (χ0v) is 11.5. The normalized spacial score (nSPS) is 42.2. The van der Waals surface area contributed by atoms with E-state index in [1.54, 1.807) is 0 Å². The van der Waals surface area contributed by atoms with Gasteiger partial charge in [-0.1, -0.05) is 37.3 Å². The molecule has 4 aliphatic rings. The van der Waals surface area contributed by atoms with E-state index in [4.69, 9.17) is 4.74 Å². The second-order valence-electron chi connectivity index (χ2n) is 7.01. The van der Waals surface area contributed by atoms with E-state index >= 15 is 0 Å². The second-order valence-corrected chi connectivity index (χ2v) is 7.01. The van der Waals surface area contributed by atoms with Crippen LogP contribution in [-0.2, 0) is 4.74 Å². The molecule has 0 aromatic heterocycles. The van der Waals surface area contributed by atoms with Gasteiger partial charge in [-0.05, 0) is 44.9 Å². The van der Waals surface area contributed by atoms with Gasteiger partial charge in [0.25, 0.3) is 0 Å². The molecule has 1 saturated heterocycles. The summed E-state index contributed by atoms with van der Waals surface area (Å²) < 4.78 is 6.77. The molecule has 1 nitrogen and oxygen atoms in total. The highest BCUT2D eigenvalue weighted by atomic mass is 16.5. The van der Waals surface area contributed by atoms with Gasteiger partial charge in [-0.15, -0.1) is 0 Å². The van der Waals surface area contributed by atoms with Crippen LogP contribution in [0.3, 0.4) is 0 Å². The highest BCUT2D eigenvalue weighted by Crippen LogP contribution is 2.55. The molecule has 0 bridgehead atoms. The number of hydrogen-bond donors (Lipinski definition) is 0. The minimum atomic E-state index is 0.283. The first kappa shape index (κ1) is 11.5. The number of ether oxygens (including phenoxy) is 1. The van der Waals surface area contributed by atoms with Crippen LogP contribution in [0.4, 0.5) is 0 Å². The Kier molecular flexibility index (Phi) is 2.80. The molecule has 0 radical (unpaired) electrons. The molecule has 0 amide bonds. The Balaban J connectivity index is 1.71. The van der Waals surface area contributed by atoms with Gasteiger partial charge in [0.15, 0.2) is 0 Å². The third kappa shape index (κ3) is 1.62. The lowest BCUT2D eigenvalue weighted by Gasteiger charge is -2.53. The van der Waals surface area contributed by atoms with Crippen LogP contribution in [0.25, 0.3) is 0 Å². The van der Waals surface area contributed by atoms with E-state index in [1.165, 1.54) is 70.6 Å². The maximum Gasteiger partial charge on any atom is 0.0751 e. The summed E-state index contributed by atoms with van der Waals surface area (Å²) in [5, 5.41) is 0. The third-order valence-corrected chi connectivity index (χ3v) is 6.08. The number of hydrogen-bond acceptors (Lipinski definition) is 1. The Labute approximate surface area is 111 Å². The fourth-order valence-electron chi connectivity index (χ4n) is 5.32. The first-order valence-corrected chi connectivity index (χ1v) is 8.27. The topological polar surface area (TPSA) is 9.23 Å². The van der Waals surface area contributed by atoms with Gasteiger partial charge in [0.1, 0.15) is 0 Å². The molecule has 1 aliphatic heterocycles. The quantitative estimate of drug-likeness (QED) is 0.567. The van der Waals surface area contributed by atoms with Gasteiger partial charge in [0.05, 0.1) is 11.7 Å². The van der Waals surface area contributed by atoms with E-state index in [0.717, 1.165) is 11.8 Å². The van der Waals surface area contributed by atoms with E-state index in [0.29, 0.717) is 6.10 Å². The van der Waals surface area contributed by atoms with Gasteiger partial charge >= 0.3 is 0 Å². The Hall–Kier alpha value is -0.300. The molecule has 2 saturated carbocycles. The lowest BCUT2D eigenvalue weighted by atomic mass is 9.64.